The van der Waals surface area contributed by atoms with Crippen LogP contribution in [0.15, 0.2) is 176 Å². The van der Waals surface area contributed by atoms with Crippen molar-refractivity contribution in [3.8, 4) is 33.4 Å². The topological polar surface area (TPSA) is 19.0 Å². The molecular weight excluding hydrogens is 673 g/mol. The Bertz CT molecular complexity index is 3070. The molecule has 256 valence electrons. The van der Waals surface area contributed by atoms with E-state index in [1.807, 2.05) is 11.3 Å². The first-order valence-corrected chi connectivity index (χ1v) is 19.5. The van der Waals surface area contributed by atoms with E-state index in [0.717, 1.165) is 28.1 Å². The lowest BCUT2D eigenvalue weighted by atomic mass is 9.82. The van der Waals surface area contributed by atoms with Gasteiger partial charge in [0.25, 0.3) is 0 Å². The number of fused-ring (bicyclic) bond motifs is 9. The maximum absolute atomic E-state index is 3.86. The molecule has 0 amide bonds. The van der Waals surface area contributed by atoms with Crippen LogP contribution in [0.4, 0.5) is 17.1 Å². The fourth-order valence-corrected chi connectivity index (χ4v) is 10.2. The van der Waals surface area contributed by atoms with Crippen molar-refractivity contribution in [3.63, 3.8) is 0 Å². The predicted octanol–water partition coefficient (Wildman–Crippen LogP) is 14.8. The zero-order valence-electron chi connectivity index (χ0n) is 30.1. The lowest BCUT2D eigenvalue weighted by molar-refractivity contribution is 0.660. The van der Waals surface area contributed by atoms with Crippen molar-refractivity contribution in [2.45, 2.75) is 19.3 Å². The van der Waals surface area contributed by atoms with E-state index in [-0.39, 0.29) is 5.41 Å². The highest BCUT2D eigenvalue weighted by Gasteiger charge is 2.36. The Kier molecular flexibility index (Phi) is 6.80. The van der Waals surface area contributed by atoms with Crippen molar-refractivity contribution in [3.05, 3.63) is 187 Å². The fraction of sp³-hybridized carbons (Fsp3) is 0.0588. The SMILES string of the molecule is CC1(C)c2ccccc2-c2ccc(N(c3ccc(-c4ccccc4)cc3)c3cc(-c4cccc5c4sc4ccccc45)c4[nH]c5ccccc5c4c3)cc21. The van der Waals surface area contributed by atoms with E-state index in [0.29, 0.717) is 0 Å². The van der Waals surface area contributed by atoms with E-state index in [1.54, 1.807) is 0 Å². The van der Waals surface area contributed by atoms with Gasteiger partial charge in [0.1, 0.15) is 0 Å². The van der Waals surface area contributed by atoms with Gasteiger partial charge < -0.3 is 9.88 Å². The summed E-state index contributed by atoms with van der Waals surface area (Å²) in [5, 5.41) is 5.06. The average Bonchev–Trinajstić information content (AvgIpc) is 3.86. The summed E-state index contributed by atoms with van der Waals surface area (Å²) >= 11 is 1.88. The van der Waals surface area contributed by atoms with Crippen LogP contribution in [0.3, 0.4) is 0 Å². The maximum Gasteiger partial charge on any atom is 0.0546 e. The molecule has 11 rings (SSSR count). The summed E-state index contributed by atoms with van der Waals surface area (Å²) in [7, 11) is 0. The van der Waals surface area contributed by atoms with Crippen molar-refractivity contribution >= 4 is 70.4 Å². The third-order valence-corrected chi connectivity index (χ3v) is 12.8. The van der Waals surface area contributed by atoms with Gasteiger partial charge in [-0.2, -0.15) is 0 Å². The number of anilines is 3. The second-order valence-electron chi connectivity index (χ2n) is 15.0. The molecule has 8 aromatic carbocycles. The molecule has 3 heteroatoms. The Hall–Kier alpha value is -6.42. The number of hydrogen-bond acceptors (Lipinski definition) is 2. The van der Waals surface area contributed by atoms with Gasteiger partial charge in [-0.3, -0.25) is 0 Å². The predicted molar refractivity (Wildman–Crippen MR) is 232 cm³/mol. The first-order chi connectivity index (χ1) is 26.5. The molecule has 2 heterocycles. The van der Waals surface area contributed by atoms with E-state index < -0.39 is 0 Å². The second-order valence-corrected chi connectivity index (χ2v) is 16.1. The molecule has 0 fully saturated rings. The molecular formula is C51H36N2S. The monoisotopic (exact) mass is 708 g/mol. The van der Waals surface area contributed by atoms with E-state index in [9.17, 15) is 0 Å². The van der Waals surface area contributed by atoms with E-state index in [2.05, 4.69) is 200 Å². The molecule has 10 aromatic rings. The molecule has 0 saturated heterocycles. The molecule has 0 radical (unpaired) electrons. The summed E-state index contributed by atoms with van der Waals surface area (Å²) in [6.45, 7) is 4.73. The van der Waals surface area contributed by atoms with Crippen LogP contribution in [-0.2, 0) is 5.41 Å². The largest absolute Gasteiger partial charge is 0.354 e. The molecule has 0 spiro atoms. The zero-order chi connectivity index (χ0) is 36.0. The van der Waals surface area contributed by atoms with Crippen LogP contribution < -0.4 is 4.90 Å². The number of nitrogens with one attached hydrogen (secondary N) is 1. The van der Waals surface area contributed by atoms with Crippen molar-refractivity contribution in [2.75, 3.05) is 4.90 Å². The van der Waals surface area contributed by atoms with E-state index in [1.165, 1.54) is 75.5 Å². The zero-order valence-corrected chi connectivity index (χ0v) is 30.9. The fourth-order valence-electron chi connectivity index (χ4n) is 8.95. The van der Waals surface area contributed by atoms with Gasteiger partial charge in [-0.25, -0.2) is 0 Å². The molecule has 0 atom stereocenters. The number of thiophene rings is 1. The number of para-hydroxylation sites is 1. The van der Waals surface area contributed by atoms with Crippen molar-refractivity contribution in [1.82, 2.24) is 4.98 Å². The summed E-state index contributed by atoms with van der Waals surface area (Å²) in [5.74, 6) is 0. The highest BCUT2D eigenvalue weighted by Crippen LogP contribution is 2.52. The first-order valence-electron chi connectivity index (χ1n) is 18.7. The molecule has 2 aromatic heterocycles. The summed E-state index contributed by atoms with van der Waals surface area (Å²) < 4.78 is 2.62. The van der Waals surface area contributed by atoms with Crippen LogP contribution in [0.2, 0.25) is 0 Å². The van der Waals surface area contributed by atoms with Crippen LogP contribution in [0, 0.1) is 0 Å². The molecule has 54 heavy (non-hydrogen) atoms. The van der Waals surface area contributed by atoms with Gasteiger partial charge >= 0.3 is 0 Å². The Morgan fingerprint density at radius 2 is 1.11 bits per heavy atom. The van der Waals surface area contributed by atoms with Gasteiger partial charge in [0.15, 0.2) is 0 Å². The smallest absolute Gasteiger partial charge is 0.0546 e. The Balaban J connectivity index is 1.18. The van der Waals surface area contributed by atoms with Gasteiger partial charge in [-0.1, -0.05) is 141 Å². The van der Waals surface area contributed by atoms with Crippen LogP contribution >= 0.6 is 11.3 Å². The average molecular weight is 709 g/mol. The quantitative estimate of drug-likeness (QED) is 0.189. The minimum absolute atomic E-state index is 0.118. The van der Waals surface area contributed by atoms with Gasteiger partial charge in [0.05, 0.1) is 5.52 Å². The second kappa shape index (κ2) is 11.8. The number of nitrogens with zero attached hydrogens (tertiary/aromatic N) is 1. The van der Waals surface area contributed by atoms with Crippen molar-refractivity contribution in [2.24, 2.45) is 0 Å². The maximum atomic E-state index is 3.86. The molecule has 0 bridgehead atoms. The van der Waals surface area contributed by atoms with E-state index in [4.69, 9.17) is 0 Å². The summed E-state index contributed by atoms with van der Waals surface area (Å²) in [5.41, 5.74) is 15.8. The van der Waals surface area contributed by atoms with Crippen molar-refractivity contribution < 1.29 is 0 Å². The van der Waals surface area contributed by atoms with Gasteiger partial charge in [0.2, 0.25) is 0 Å². The molecule has 2 nitrogen and oxygen atoms in total. The number of benzene rings is 8. The molecule has 0 aliphatic heterocycles. The number of aromatic nitrogens is 1. The molecule has 0 unspecified atom stereocenters. The van der Waals surface area contributed by atoms with Crippen LogP contribution in [-0.4, -0.2) is 4.98 Å². The highest BCUT2D eigenvalue weighted by atomic mass is 32.1. The normalized spacial score (nSPS) is 13.1. The molecule has 1 aliphatic rings. The van der Waals surface area contributed by atoms with Gasteiger partial charge in [0, 0.05) is 70.1 Å². The number of H-pyrrole nitrogens is 1. The number of aromatic amines is 1. The molecule has 0 saturated carbocycles. The third kappa shape index (κ3) is 4.65. The lowest BCUT2D eigenvalue weighted by Gasteiger charge is -2.29. The summed E-state index contributed by atoms with van der Waals surface area (Å²) in [6.07, 6.45) is 0. The highest BCUT2D eigenvalue weighted by molar-refractivity contribution is 7.26. The summed E-state index contributed by atoms with van der Waals surface area (Å²) in [4.78, 5) is 6.32. The van der Waals surface area contributed by atoms with Crippen LogP contribution in [0.5, 0.6) is 0 Å². The standard InChI is InChI=1S/C51H36N2S/c1-51(2)45-20-9-6-15-37(45)38-28-27-35(31-46(38)51)53(34-25-23-33(24-26-34)32-13-4-3-5-14-32)36-29-43-39-16-7-10-21-47(39)52-49(43)44(30-36)42-19-12-18-41-40-17-8-11-22-48(40)54-50(41)42/h3-31,52H,1-2H3. The van der Waals surface area contributed by atoms with Crippen LogP contribution in [0.1, 0.15) is 25.0 Å². The summed E-state index contributed by atoms with van der Waals surface area (Å²) in [6, 6.07) is 64.8. The molecule has 1 N–H and O–H groups in total. The first kappa shape index (κ1) is 31.1. The Labute approximate surface area is 318 Å². The molecule has 1 aliphatic carbocycles. The van der Waals surface area contributed by atoms with E-state index >= 15 is 0 Å². The number of hydrogen-bond donors (Lipinski definition) is 1. The van der Waals surface area contributed by atoms with Crippen LogP contribution in [0.25, 0.3) is 75.4 Å². The minimum atomic E-state index is -0.118. The minimum Gasteiger partial charge on any atom is -0.354 e. The number of rotatable bonds is 5. The lowest BCUT2D eigenvalue weighted by Crippen LogP contribution is -2.16. The third-order valence-electron chi connectivity index (χ3n) is 11.6. The van der Waals surface area contributed by atoms with Gasteiger partial charge in [-0.15, -0.1) is 11.3 Å². The Morgan fingerprint density at radius 3 is 1.98 bits per heavy atom. The van der Waals surface area contributed by atoms with Crippen molar-refractivity contribution in [1.29, 1.82) is 0 Å². The van der Waals surface area contributed by atoms with Gasteiger partial charge in [-0.05, 0) is 81.9 Å². The Morgan fingerprint density at radius 1 is 0.444 bits per heavy atom.